The molecule has 4 aromatic rings. The van der Waals surface area contributed by atoms with Crippen molar-refractivity contribution in [2.75, 3.05) is 26.6 Å². The van der Waals surface area contributed by atoms with Crippen molar-refractivity contribution in [2.24, 2.45) is 0 Å². The molecule has 9 heteroatoms. The van der Waals surface area contributed by atoms with Crippen molar-refractivity contribution in [1.29, 1.82) is 0 Å². The number of methoxy groups -OCH3 is 3. The number of para-hydroxylation sites is 1. The largest absolute Gasteiger partial charge is 0.495 e. The molecule has 3 aromatic carbocycles. The number of nitrogens with one attached hydrogen (secondary N) is 1. The van der Waals surface area contributed by atoms with Gasteiger partial charge in [-0.25, -0.2) is 4.98 Å². The second-order valence-corrected chi connectivity index (χ2v) is 7.72. The number of amides is 1. The molecule has 1 aromatic heterocycles. The van der Waals surface area contributed by atoms with Crippen LogP contribution >= 0.6 is 11.6 Å². The van der Waals surface area contributed by atoms with E-state index in [2.05, 4.69) is 10.3 Å². The number of hydrogen-bond donors (Lipinski definition) is 1. The maximum Gasteiger partial charge on any atom is 0.262 e. The number of fused-ring (bicyclic) bond motifs is 1. The number of hydrogen-bond acceptors (Lipinski definition) is 6. The Kier molecular flexibility index (Phi) is 6.70. The minimum absolute atomic E-state index is 0.260. The number of benzene rings is 3. The first kappa shape index (κ1) is 23.1. The lowest BCUT2D eigenvalue weighted by Gasteiger charge is -2.15. The lowest BCUT2D eigenvalue weighted by Crippen LogP contribution is -2.30. The molecule has 4 rings (SSSR count). The van der Waals surface area contributed by atoms with E-state index in [4.69, 9.17) is 25.8 Å². The van der Waals surface area contributed by atoms with E-state index in [9.17, 15) is 9.59 Å². The number of nitrogens with zero attached hydrogens (tertiary/aromatic N) is 2. The minimum Gasteiger partial charge on any atom is -0.495 e. The molecule has 1 amide bonds. The van der Waals surface area contributed by atoms with Crippen LogP contribution in [0.25, 0.3) is 22.3 Å². The van der Waals surface area contributed by atoms with Crippen molar-refractivity contribution >= 4 is 34.1 Å². The zero-order valence-electron chi connectivity index (χ0n) is 18.8. The van der Waals surface area contributed by atoms with Gasteiger partial charge in [-0.2, -0.15) is 0 Å². The first-order valence-electron chi connectivity index (χ1n) is 10.3. The van der Waals surface area contributed by atoms with Gasteiger partial charge >= 0.3 is 0 Å². The van der Waals surface area contributed by atoms with Gasteiger partial charge in [0.05, 0.1) is 37.3 Å². The van der Waals surface area contributed by atoms with Crippen LogP contribution in [0.5, 0.6) is 17.2 Å². The molecule has 0 atom stereocenters. The molecular weight excluding hydrogens is 458 g/mol. The third kappa shape index (κ3) is 4.53. The van der Waals surface area contributed by atoms with Crippen molar-refractivity contribution in [3.05, 3.63) is 76.0 Å². The van der Waals surface area contributed by atoms with Crippen LogP contribution in [0.1, 0.15) is 0 Å². The zero-order valence-corrected chi connectivity index (χ0v) is 19.6. The highest BCUT2D eigenvalue weighted by Crippen LogP contribution is 2.32. The van der Waals surface area contributed by atoms with E-state index in [0.717, 1.165) is 0 Å². The predicted octanol–water partition coefficient (Wildman–Crippen LogP) is 4.38. The molecule has 0 bridgehead atoms. The van der Waals surface area contributed by atoms with Crippen LogP contribution in [0.3, 0.4) is 0 Å². The van der Waals surface area contributed by atoms with Crippen LogP contribution in [0.15, 0.2) is 65.5 Å². The number of anilines is 1. The summed E-state index contributed by atoms with van der Waals surface area (Å²) in [5.74, 6) is 1.42. The molecule has 174 valence electrons. The normalized spacial score (nSPS) is 10.7. The van der Waals surface area contributed by atoms with E-state index < -0.39 is 5.91 Å². The fraction of sp³-hybridized carbons (Fsp3) is 0.160. The monoisotopic (exact) mass is 479 g/mol. The molecule has 0 fully saturated rings. The molecular formula is C25H22ClN3O5. The molecule has 0 aliphatic rings. The third-order valence-electron chi connectivity index (χ3n) is 5.24. The molecule has 0 aliphatic carbocycles. The molecule has 0 radical (unpaired) electrons. The molecule has 8 nitrogen and oxygen atoms in total. The Morgan fingerprint density at radius 3 is 2.35 bits per heavy atom. The Bertz CT molecular complexity index is 1430. The van der Waals surface area contributed by atoms with Gasteiger partial charge < -0.3 is 19.5 Å². The summed E-state index contributed by atoms with van der Waals surface area (Å²) < 4.78 is 17.2. The van der Waals surface area contributed by atoms with Crippen molar-refractivity contribution in [3.8, 4) is 28.6 Å². The molecule has 1 N–H and O–H groups in total. The average Bonchev–Trinajstić information content (AvgIpc) is 2.85. The van der Waals surface area contributed by atoms with Crippen LogP contribution < -0.4 is 25.1 Å². The Labute approximate surface area is 200 Å². The predicted molar refractivity (Wildman–Crippen MR) is 131 cm³/mol. The molecule has 0 spiro atoms. The van der Waals surface area contributed by atoms with Crippen LogP contribution in [0.4, 0.5) is 5.69 Å². The highest BCUT2D eigenvalue weighted by Gasteiger charge is 2.17. The van der Waals surface area contributed by atoms with E-state index in [1.807, 2.05) is 0 Å². The van der Waals surface area contributed by atoms with Gasteiger partial charge in [-0.1, -0.05) is 23.7 Å². The van der Waals surface area contributed by atoms with E-state index in [1.165, 1.54) is 25.9 Å². The molecule has 0 aliphatic heterocycles. The molecule has 0 unspecified atom stereocenters. The summed E-state index contributed by atoms with van der Waals surface area (Å²) in [5.41, 5.74) is 1.26. The fourth-order valence-corrected chi connectivity index (χ4v) is 3.86. The summed E-state index contributed by atoms with van der Waals surface area (Å²) in [6.45, 7) is -0.260. The van der Waals surface area contributed by atoms with E-state index in [-0.39, 0.29) is 12.1 Å². The third-order valence-corrected chi connectivity index (χ3v) is 5.54. The van der Waals surface area contributed by atoms with Gasteiger partial charge in [-0.05, 0) is 48.5 Å². The quantitative estimate of drug-likeness (QED) is 0.423. The zero-order chi connectivity index (χ0) is 24.2. The lowest BCUT2D eigenvalue weighted by atomic mass is 10.1. The van der Waals surface area contributed by atoms with E-state index >= 15 is 0 Å². The van der Waals surface area contributed by atoms with Gasteiger partial charge in [0.1, 0.15) is 18.1 Å². The number of carbonyl (C=O) groups is 1. The van der Waals surface area contributed by atoms with Crippen molar-refractivity contribution in [1.82, 2.24) is 9.55 Å². The summed E-state index contributed by atoms with van der Waals surface area (Å²) in [6.07, 6.45) is 0. The van der Waals surface area contributed by atoms with E-state index in [0.29, 0.717) is 50.2 Å². The highest BCUT2D eigenvalue weighted by molar-refractivity contribution is 6.32. The average molecular weight is 480 g/mol. The molecule has 1 heterocycles. The Balaban J connectivity index is 1.77. The van der Waals surface area contributed by atoms with Gasteiger partial charge in [-0.15, -0.1) is 0 Å². The van der Waals surface area contributed by atoms with Crippen LogP contribution in [0.2, 0.25) is 5.02 Å². The molecule has 34 heavy (non-hydrogen) atoms. The molecule has 0 saturated carbocycles. The van der Waals surface area contributed by atoms with Crippen LogP contribution in [0, 0.1) is 0 Å². The van der Waals surface area contributed by atoms with Gasteiger partial charge in [0, 0.05) is 11.3 Å². The number of aromatic nitrogens is 2. The van der Waals surface area contributed by atoms with Crippen molar-refractivity contribution < 1.29 is 19.0 Å². The van der Waals surface area contributed by atoms with Gasteiger partial charge in [0.25, 0.3) is 5.56 Å². The van der Waals surface area contributed by atoms with Gasteiger partial charge in [0.2, 0.25) is 5.91 Å². The Morgan fingerprint density at radius 2 is 1.65 bits per heavy atom. The first-order valence-corrected chi connectivity index (χ1v) is 10.7. The minimum atomic E-state index is -0.415. The lowest BCUT2D eigenvalue weighted by molar-refractivity contribution is -0.116. The Hall–Kier alpha value is -4.04. The summed E-state index contributed by atoms with van der Waals surface area (Å²) in [7, 11) is 4.57. The highest BCUT2D eigenvalue weighted by atomic mass is 35.5. The standard InChI is InChI=1S/C25H22ClN3O5/c1-32-20-11-9-16(13-18(20)26)27-23(30)14-29-24(15-8-10-21(33-2)22(12-15)34-3)28-19-7-5-4-6-17(19)25(29)31/h4-13H,14H2,1-3H3,(H,27,30). The number of carbonyl (C=O) groups excluding carboxylic acids is 1. The van der Waals surface area contributed by atoms with Crippen molar-refractivity contribution in [2.45, 2.75) is 6.54 Å². The van der Waals surface area contributed by atoms with E-state index in [1.54, 1.807) is 60.7 Å². The van der Waals surface area contributed by atoms with Crippen LogP contribution in [-0.4, -0.2) is 36.8 Å². The second kappa shape index (κ2) is 9.84. The Morgan fingerprint density at radius 1 is 0.941 bits per heavy atom. The smallest absolute Gasteiger partial charge is 0.262 e. The van der Waals surface area contributed by atoms with Gasteiger partial charge in [-0.3, -0.25) is 14.2 Å². The topological polar surface area (TPSA) is 91.7 Å². The fourth-order valence-electron chi connectivity index (χ4n) is 3.60. The van der Waals surface area contributed by atoms with Crippen molar-refractivity contribution in [3.63, 3.8) is 0 Å². The SMILES string of the molecule is COc1ccc(NC(=O)Cn2c(-c3ccc(OC)c(OC)c3)nc3ccccc3c2=O)cc1Cl. The maximum atomic E-state index is 13.4. The molecule has 0 saturated heterocycles. The number of ether oxygens (including phenoxy) is 3. The summed E-state index contributed by atoms with van der Waals surface area (Å²) >= 11 is 6.16. The summed E-state index contributed by atoms with van der Waals surface area (Å²) in [6, 6.07) is 17.1. The second-order valence-electron chi connectivity index (χ2n) is 7.31. The number of halogens is 1. The van der Waals surface area contributed by atoms with Crippen LogP contribution in [-0.2, 0) is 11.3 Å². The first-order chi connectivity index (χ1) is 16.4. The summed E-state index contributed by atoms with van der Waals surface area (Å²) in [4.78, 5) is 31.0. The number of rotatable bonds is 7. The summed E-state index contributed by atoms with van der Waals surface area (Å²) in [5, 5.41) is 3.53. The maximum absolute atomic E-state index is 13.4. The van der Waals surface area contributed by atoms with Gasteiger partial charge in [0.15, 0.2) is 11.5 Å².